The van der Waals surface area contributed by atoms with E-state index in [0.29, 0.717) is 24.3 Å². The fraction of sp³-hybridized carbons (Fsp3) is 0.429. The first-order valence-corrected chi connectivity index (χ1v) is 10.8. The maximum atomic E-state index is 12.8. The number of nitrogens with zero attached hydrogens (tertiary/aromatic N) is 3. The summed E-state index contributed by atoms with van der Waals surface area (Å²) in [7, 11) is 0. The van der Waals surface area contributed by atoms with E-state index >= 15 is 0 Å². The number of aliphatic hydroxyl groups is 1. The quantitative estimate of drug-likeness (QED) is 0.585. The maximum absolute atomic E-state index is 12.8. The first-order chi connectivity index (χ1) is 14.2. The second kappa shape index (κ2) is 9.60. The minimum atomic E-state index is -0.109. The Morgan fingerprint density at radius 1 is 1.21 bits per heavy atom. The van der Waals surface area contributed by atoms with Gasteiger partial charge in [-0.25, -0.2) is 4.98 Å². The average molecular weight is 415 g/mol. The standard InChI is InChI=1S/C21H26N4O3S/c26-11-8-25(7-6-24-9-12-28-13-10-24)14-18-22-20(27)19-17(15-29-21(19)23-18)16-4-2-1-3-5-16/h1-5,15,26H,6-14H2,(H,22,23,27). The SMILES string of the molecule is O=c1[nH]c(CN(CCO)CCN2CCOCC2)nc2scc(-c3ccccc3)c12. The molecule has 3 heterocycles. The Kier molecular flexibility index (Phi) is 6.68. The highest BCUT2D eigenvalue weighted by molar-refractivity contribution is 7.17. The predicted molar refractivity (Wildman–Crippen MR) is 115 cm³/mol. The highest BCUT2D eigenvalue weighted by Crippen LogP contribution is 2.30. The van der Waals surface area contributed by atoms with Crippen molar-refractivity contribution in [1.82, 2.24) is 19.8 Å². The third-order valence-corrected chi connectivity index (χ3v) is 6.08. The van der Waals surface area contributed by atoms with Crippen LogP contribution in [0.3, 0.4) is 0 Å². The van der Waals surface area contributed by atoms with Crippen LogP contribution in [0.2, 0.25) is 0 Å². The smallest absolute Gasteiger partial charge is 0.260 e. The number of benzene rings is 1. The summed E-state index contributed by atoms with van der Waals surface area (Å²) in [6.07, 6.45) is 0. The Morgan fingerprint density at radius 3 is 2.76 bits per heavy atom. The number of nitrogens with one attached hydrogen (secondary N) is 1. The van der Waals surface area contributed by atoms with Crippen LogP contribution in [0.1, 0.15) is 5.82 Å². The lowest BCUT2D eigenvalue weighted by atomic mass is 10.1. The van der Waals surface area contributed by atoms with Crippen LogP contribution < -0.4 is 5.56 Å². The zero-order chi connectivity index (χ0) is 20.1. The Morgan fingerprint density at radius 2 is 2.00 bits per heavy atom. The molecule has 0 aliphatic carbocycles. The second-order valence-electron chi connectivity index (χ2n) is 7.16. The lowest BCUT2D eigenvalue weighted by Gasteiger charge is -2.29. The van der Waals surface area contributed by atoms with E-state index in [1.54, 1.807) is 0 Å². The van der Waals surface area contributed by atoms with Gasteiger partial charge in [-0.2, -0.15) is 0 Å². The number of rotatable bonds is 8. The molecule has 1 fully saturated rings. The molecule has 1 aliphatic rings. The predicted octanol–water partition coefficient (Wildman–Crippen LogP) is 1.78. The summed E-state index contributed by atoms with van der Waals surface area (Å²) < 4.78 is 5.39. The van der Waals surface area contributed by atoms with Crippen molar-refractivity contribution in [2.24, 2.45) is 0 Å². The van der Waals surface area contributed by atoms with E-state index in [9.17, 15) is 9.90 Å². The lowest BCUT2D eigenvalue weighted by Crippen LogP contribution is -2.42. The van der Waals surface area contributed by atoms with E-state index in [1.807, 2.05) is 35.7 Å². The van der Waals surface area contributed by atoms with Crippen molar-refractivity contribution in [1.29, 1.82) is 0 Å². The van der Waals surface area contributed by atoms with Crippen molar-refractivity contribution in [2.45, 2.75) is 6.54 Å². The number of hydrogen-bond donors (Lipinski definition) is 2. The fourth-order valence-electron chi connectivity index (χ4n) is 3.63. The van der Waals surface area contributed by atoms with Crippen LogP contribution >= 0.6 is 11.3 Å². The first-order valence-electron chi connectivity index (χ1n) is 9.94. The number of aliphatic hydroxyl groups excluding tert-OH is 1. The average Bonchev–Trinajstić information content (AvgIpc) is 3.18. The van der Waals surface area contributed by atoms with Gasteiger partial charge in [-0.05, 0) is 5.56 Å². The number of morpholine rings is 1. The molecule has 4 rings (SSSR count). The van der Waals surface area contributed by atoms with Crippen LogP contribution in [0.4, 0.5) is 0 Å². The highest BCUT2D eigenvalue weighted by atomic mass is 32.1. The minimum Gasteiger partial charge on any atom is -0.395 e. The van der Waals surface area contributed by atoms with Crippen molar-refractivity contribution in [2.75, 3.05) is 52.5 Å². The monoisotopic (exact) mass is 414 g/mol. The summed E-state index contributed by atoms with van der Waals surface area (Å²) >= 11 is 1.49. The number of fused-ring (bicyclic) bond motifs is 1. The molecule has 0 unspecified atom stereocenters. The number of thiophene rings is 1. The molecular formula is C21H26N4O3S. The summed E-state index contributed by atoms with van der Waals surface area (Å²) in [6, 6.07) is 9.91. The van der Waals surface area contributed by atoms with Crippen LogP contribution in [-0.4, -0.2) is 77.4 Å². The van der Waals surface area contributed by atoms with Crippen molar-refractivity contribution >= 4 is 21.6 Å². The Bertz CT molecular complexity index is 983. The molecule has 29 heavy (non-hydrogen) atoms. The van der Waals surface area contributed by atoms with Crippen LogP contribution in [0, 0.1) is 0 Å². The zero-order valence-corrected chi connectivity index (χ0v) is 17.2. The van der Waals surface area contributed by atoms with Crippen molar-refractivity contribution in [3.8, 4) is 11.1 Å². The molecule has 2 aromatic heterocycles. The van der Waals surface area contributed by atoms with Crippen molar-refractivity contribution < 1.29 is 9.84 Å². The fourth-order valence-corrected chi connectivity index (χ4v) is 4.60. The van der Waals surface area contributed by atoms with Gasteiger partial charge in [0, 0.05) is 43.7 Å². The largest absolute Gasteiger partial charge is 0.395 e. The number of aromatic nitrogens is 2. The van der Waals surface area contributed by atoms with Gasteiger partial charge in [0.25, 0.3) is 5.56 Å². The molecule has 7 nitrogen and oxygen atoms in total. The molecule has 154 valence electrons. The summed E-state index contributed by atoms with van der Waals surface area (Å²) in [5.41, 5.74) is 1.83. The maximum Gasteiger partial charge on any atom is 0.260 e. The van der Waals surface area contributed by atoms with Gasteiger partial charge < -0.3 is 14.8 Å². The van der Waals surface area contributed by atoms with Gasteiger partial charge in [-0.1, -0.05) is 30.3 Å². The second-order valence-corrected chi connectivity index (χ2v) is 8.02. The lowest BCUT2D eigenvalue weighted by molar-refractivity contribution is 0.0319. The molecular weight excluding hydrogens is 388 g/mol. The Hall–Kier alpha value is -2.10. The van der Waals surface area contributed by atoms with E-state index in [0.717, 1.165) is 55.4 Å². The molecule has 1 aromatic carbocycles. The topological polar surface area (TPSA) is 81.7 Å². The summed E-state index contributed by atoms with van der Waals surface area (Å²) in [5.74, 6) is 0.638. The van der Waals surface area contributed by atoms with Gasteiger partial charge >= 0.3 is 0 Å². The van der Waals surface area contributed by atoms with Gasteiger partial charge in [0.15, 0.2) is 0 Å². The number of hydrogen-bond acceptors (Lipinski definition) is 7. The van der Waals surface area contributed by atoms with Crippen LogP contribution in [0.5, 0.6) is 0 Å². The molecule has 1 saturated heterocycles. The molecule has 0 bridgehead atoms. The molecule has 0 spiro atoms. The number of aromatic amines is 1. The molecule has 0 amide bonds. The van der Waals surface area contributed by atoms with E-state index in [4.69, 9.17) is 9.72 Å². The third-order valence-electron chi connectivity index (χ3n) is 5.20. The molecule has 0 radical (unpaired) electrons. The molecule has 1 aliphatic heterocycles. The van der Waals surface area contributed by atoms with Gasteiger partial charge in [0.1, 0.15) is 10.7 Å². The van der Waals surface area contributed by atoms with Gasteiger partial charge in [0.05, 0.1) is 31.8 Å². The van der Waals surface area contributed by atoms with E-state index in [1.165, 1.54) is 11.3 Å². The highest BCUT2D eigenvalue weighted by Gasteiger charge is 2.16. The van der Waals surface area contributed by atoms with Crippen molar-refractivity contribution in [3.63, 3.8) is 0 Å². The molecule has 8 heteroatoms. The van der Waals surface area contributed by atoms with E-state index in [-0.39, 0.29) is 12.2 Å². The van der Waals surface area contributed by atoms with Crippen LogP contribution in [-0.2, 0) is 11.3 Å². The number of H-pyrrole nitrogens is 1. The minimum absolute atomic E-state index is 0.0761. The normalized spacial score (nSPS) is 15.4. The van der Waals surface area contributed by atoms with E-state index < -0.39 is 0 Å². The third kappa shape index (κ3) is 4.91. The van der Waals surface area contributed by atoms with Gasteiger partial charge in [-0.3, -0.25) is 14.6 Å². The summed E-state index contributed by atoms with van der Waals surface area (Å²) in [4.78, 5) is 25.7. The molecule has 3 aromatic rings. The summed E-state index contributed by atoms with van der Waals surface area (Å²) in [5, 5.41) is 12.1. The summed E-state index contributed by atoms with van der Waals surface area (Å²) in [6.45, 7) is 6.26. The van der Waals surface area contributed by atoms with Gasteiger partial charge in [0.2, 0.25) is 0 Å². The zero-order valence-electron chi connectivity index (χ0n) is 16.3. The van der Waals surface area contributed by atoms with Crippen molar-refractivity contribution in [3.05, 3.63) is 51.9 Å². The van der Waals surface area contributed by atoms with Crippen LogP contribution in [0.25, 0.3) is 21.3 Å². The molecule has 0 atom stereocenters. The Labute approximate surface area is 173 Å². The molecule has 2 N–H and O–H groups in total. The number of ether oxygens (including phenoxy) is 1. The molecule has 0 saturated carbocycles. The Balaban J connectivity index is 1.51. The van der Waals surface area contributed by atoms with Crippen LogP contribution in [0.15, 0.2) is 40.5 Å². The van der Waals surface area contributed by atoms with Gasteiger partial charge in [-0.15, -0.1) is 11.3 Å². The van der Waals surface area contributed by atoms with E-state index in [2.05, 4.69) is 14.8 Å². The first kappa shape index (κ1) is 20.2.